The number of thioether (sulfide) groups is 1. The summed E-state index contributed by atoms with van der Waals surface area (Å²) in [4.78, 5) is 13.1. The van der Waals surface area contributed by atoms with Crippen LogP contribution in [0.15, 0.2) is 47.4 Å². The van der Waals surface area contributed by atoms with Crippen LogP contribution < -0.4 is 5.32 Å². The lowest BCUT2D eigenvalue weighted by Crippen LogP contribution is -2.14. The van der Waals surface area contributed by atoms with Crippen molar-refractivity contribution in [2.24, 2.45) is 0 Å². The first-order chi connectivity index (χ1) is 9.56. The topological polar surface area (TPSA) is 29.1 Å². The highest BCUT2D eigenvalue weighted by Gasteiger charge is 2.06. The van der Waals surface area contributed by atoms with Crippen molar-refractivity contribution in [2.45, 2.75) is 25.7 Å². The third-order valence-corrected chi connectivity index (χ3v) is 4.28. The fraction of sp³-hybridized carbons (Fsp3) is 0.235. The van der Waals surface area contributed by atoms with Crippen LogP contribution in [0.3, 0.4) is 0 Å². The van der Waals surface area contributed by atoms with E-state index in [9.17, 15) is 4.79 Å². The Kier molecular flexibility index (Phi) is 4.85. The Hall–Kier alpha value is -1.74. The summed E-state index contributed by atoms with van der Waals surface area (Å²) in [5, 5.41) is 2.95. The quantitative estimate of drug-likeness (QED) is 0.847. The molecule has 0 aliphatic heterocycles. The van der Waals surface area contributed by atoms with Crippen molar-refractivity contribution >= 4 is 23.4 Å². The number of aryl methyl sites for hydroxylation is 3. The van der Waals surface area contributed by atoms with Crippen LogP contribution in [0.5, 0.6) is 0 Å². The Morgan fingerprint density at radius 1 is 1.05 bits per heavy atom. The van der Waals surface area contributed by atoms with Crippen LogP contribution in [-0.4, -0.2) is 11.7 Å². The van der Waals surface area contributed by atoms with Gasteiger partial charge in [-0.15, -0.1) is 11.8 Å². The van der Waals surface area contributed by atoms with Gasteiger partial charge in [0.15, 0.2) is 0 Å². The molecule has 20 heavy (non-hydrogen) atoms. The van der Waals surface area contributed by atoms with Gasteiger partial charge in [-0.2, -0.15) is 0 Å². The van der Waals surface area contributed by atoms with Crippen LogP contribution in [0.1, 0.15) is 16.7 Å². The fourth-order valence-electron chi connectivity index (χ4n) is 2.00. The van der Waals surface area contributed by atoms with Crippen LogP contribution in [0.25, 0.3) is 0 Å². The molecule has 2 rings (SSSR count). The largest absolute Gasteiger partial charge is 0.325 e. The van der Waals surface area contributed by atoms with E-state index in [4.69, 9.17) is 0 Å². The lowest BCUT2D eigenvalue weighted by atomic mass is 10.2. The summed E-state index contributed by atoms with van der Waals surface area (Å²) in [6.07, 6.45) is 0. The predicted octanol–water partition coefficient (Wildman–Crippen LogP) is 4.34. The molecule has 0 saturated heterocycles. The molecule has 0 unspecified atom stereocenters. The molecule has 0 radical (unpaired) electrons. The van der Waals surface area contributed by atoms with Crippen molar-refractivity contribution in [1.82, 2.24) is 0 Å². The van der Waals surface area contributed by atoms with Gasteiger partial charge in [0.05, 0.1) is 5.75 Å². The van der Waals surface area contributed by atoms with Crippen LogP contribution in [0.4, 0.5) is 5.69 Å². The van der Waals surface area contributed by atoms with Crippen molar-refractivity contribution < 1.29 is 4.79 Å². The second-order valence-corrected chi connectivity index (χ2v) is 5.94. The summed E-state index contributed by atoms with van der Waals surface area (Å²) in [6.45, 7) is 6.15. The van der Waals surface area contributed by atoms with E-state index in [0.717, 1.165) is 16.1 Å². The molecule has 2 aromatic carbocycles. The number of benzene rings is 2. The maximum absolute atomic E-state index is 12.0. The number of anilines is 1. The molecule has 3 heteroatoms. The summed E-state index contributed by atoms with van der Waals surface area (Å²) in [5.74, 6) is 0.461. The number of hydrogen-bond acceptors (Lipinski definition) is 2. The standard InChI is InChI=1S/C17H19NOS/c1-12-8-9-16(14(3)10-12)20-11-17(19)18-15-7-5-4-6-13(15)2/h4-10H,11H2,1-3H3,(H,18,19). The molecule has 2 aromatic rings. The summed E-state index contributed by atoms with van der Waals surface area (Å²) >= 11 is 1.58. The van der Waals surface area contributed by atoms with Crippen molar-refractivity contribution in [1.29, 1.82) is 0 Å². The monoisotopic (exact) mass is 285 g/mol. The van der Waals surface area contributed by atoms with Gasteiger partial charge in [0, 0.05) is 10.6 Å². The number of carbonyl (C=O) groups is 1. The molecule has 0 spiro atoms. The molecule has 0 heterocycles. The van der Waals surface area contributed by atoms with Gasteiger partial charge in [0.25, 0.3) is 0 Å². The summed E-state index contributed by atoms with van der Waals surface area (Å²) in [5.41, 5.74) is 4.44. The van der Waals surface area contributed by atoms with Gasteiger partial charge in [-0.25, -0.2) is 0 Å². The fourth-order valence-corrected chi connectivity index (χ4v) is 2.81. The first-order valence-corrected chi connectivity index (χ1v) is 7.60. The molecule has 0 aliphatic carbocycles. The van der Waals surface area contributed by atoms with Crippen molar-refractivity contribution in [2.75, 3.05) is 11.1 Å². The van der Waals surface area contributed by atoms with Gasteiger partial charge >= 0.3 is 0 Å². The zero-order chi connectivity index (χ0) is 14.5. The maximum atomic E-state index is 12.0. The van der Waals surface area contributed by atoms with Crippen molar-refractivity contribution in [3.63, 3.8) is 0 Å². The van der Waals surface area contributed by atoms with Gasteiger partial charge in [-0.05, 0) is 44.0 Å². The molecule has 1 N–H and O–H groups in total. The molecule has 0 aliphatic rings. The smallest absolute Gasteiger partial charge is 0.234 e. The molecular weight excluding hydrogens is 266 g/mol. The van der Waals surface area contributed by atoms with Crippen molar-refractivity contribution in [3.8, 4) is 0 Å². The molecule has 0 saturated carbocycles. The van der Waals surface area contributed by atoms with E-state index in [1.807, 2.05) is 31.2 Å². The van der Waals surface area contributed by atoms with Crippen LogP contribution in [0, 0.1) is 20.8 Å². The van der Waals surface area contributed by atoms with Crippen LogP contribution in [0.2, 0.25) is 0 Å². The highest BCUT2D eigenvalue weighted by Crippen LogP contribution is 2.23. The average molecular weight is 285 g/mol. The Morgan fingerprint density at radius 3 is 2.50 bits per heavy atom. The molecule has 0 bridgehead atoms. The Bertz CT molecular complexity index is 622. The summed E-state index contributed by atoms with van der Waals surface area (Å²) in [7, 11) is 0. The Labute approximate surface area is 124 Å². The molecule has 2 nitrogen and oxygen atoms in total. The number of rotatable bonds is 4. The van der Waals surface area contributed by atoms with E-state index in [-0.39, 0.29) is 5.91 Å². The van der Waals surface area contributed by atoms with E-state index in [0.29, 0.717) is 5.75 Å². The van der Waals surface area contributed by atoms with Gasteiger partial charge in [0.1, 0.15) is 0 Å². The normalized spacial score (nSPS) is 10.3. The number of hydrogen-bond donors (Lipinski definition) is 1. The second-order valence-electron chi connectivity index (χ2n) is 4.92. The SMILES string of the molecule is Cc1ccc(SCC(=O)Nc2ccccc2C)c(C)c1. The van der Waals surface area contributed by atoms with Gasteiger partial charge in [-0.1, -0.05) is 35.9 Å². The molecule has 0 atom stereocenters. The minimum Gasteiger partial charge on any atom is -0.325 e. The molecular formula is C17H19NOS. The highest BCUT2D eigenvalue weighted by atomic mass is 32.2. The number of amides is 1. The third kappa shape index (κ3) is 3.87. The minimum atomic E-state index is 0.0317. The van der Waals surface area contributed by atoms with E-state index in [2.05, 4.69) is 37.4 Å². The molecule has 104 valence electrons. The Morgan fingerprint density at radius 2 is 1.80 bits per heavy atom. The number of para-hydroxylation sites is 1. The van der Waals surface area contributed by atoms with Crippen LogP contribution >= 0.6 is 11.8 Å². The lowest BCUT2D eigenvalue weighted by Gasteiger charge is -2.09. The zero-order valence-electron chi connectivity index (χ0n) is 12.1. The minimum absolute atomic E-state index is 0.0317. The van der Waals surface area contributed by atoms with Gasteiger partial charge in [-0.3, -0.25) is 4.79 Å². The third-order valence-electron chi connectivity index (χ3n) is 3.11. The second kappa shape index (κ2) is 6.62. The molecule has 0 fully saturated rings. The highest BCUT2D eigenvalue weighted by molar-refractivity contribution is 8.00. The zero-order valence-corrected chi connectivity index (χ0v) is 12.9. The van der Waals surface area contributed by atoms with Crippen LogP contribution in [-0.2, 0) is 4.79 Å². The van der Waals surface area contributed by atoms with E-state index >= 15 is 0 Å². The van der Waals surface area contributed by atoms with Gasteiger partial charge < -0.3 is 5.32 Å². The number of nitrogens with one attached hydrogen (secondary N) is 1. The molecule has 1 amide bonds. The van der Waals surface area contributed by atoms with E-state index < -0.39 is 0 Å². The predicted molar refractivity (Wildman–Crippen MR) is 86.4 cm³/mol. The van der Waals surface area contributed by atoms with E-state index in [1.54, 1.807) is 11.8 Å². The maximum Gasteiger partial charge on any atom is 0.234 e. The summed E-state index contributed by atoms with van der Waals surface area (Å²) < 4.78 is 0. The lowest BCUT2D eigenvalue weighted by molar-refractivity contribution is -0.113. The number of carbonyl (C=O) groups excluding carboxylic acids is 1. The average Bonchev–Trinajstić information content (AvgIpc) is 2.40. The van der Waals surface area contributed by atoms with Gasteiger partial charge in [0.2, 0.25) is 5.91 Å². The summed E-state index contributed by atoms with van der Waals surface area (Å²) in [6, 6.07) is 14.1. The van der Waals surface area contributed by atoms with E-state index in [1.165, 1.54) is 11.1 Å². The first-order valence-electron chi connectivity index (χ1n) is 6.62. The Balaban J connectivity index is 1.94. The first kappa shape index (κ1) is 14.7. The molecule has 0 aromatic heterocycles. The van der Waals surface area contributed by atoms with Crippen molar-refractivity contribution in [3.05, 3.63) is 59.2 Å².